The summed E-state index contributed by atoms with van der Waals surface area (Å²) in [5, 5.41) is 0.0370. The lowest BCUT2D eigenvalue weighted by Gasteiger charge is -1.93. The van der Waals surface area contributed by atoms with Crippen LogP contribution >= 0.6 is 11.6 Å². The number of carbonyl (C=O) groups is 1. The summed E-state index contributed by atoms with van der Waals surface area (Å²) < 4.78 is 12.5. The van der Waals surface area contributed by atoms with Gasteiger partial charge in [0.2, 0.25) is 0 Å². The molecule has 0 atom stereocenters. The zero-order valence-electron chi connectivity index (χ0n) is 4.84. The molecule has 0 saturated heterocycles. The van der Waals surface area contributed by atoms with Crippen molar-refractivity contribution in [2.45, 2.75) is 0 Å². The first-order chi connectivity index (χ1) is 4.75. The summed E-state index contributed by atoms with van der Waals surface area (Å²) in [7, 11) is 0. The fraction of sp³-hybridized carbons (Fsp3) is 0. The summed E-state index contributed by atoms with van der Waals surface area (Å²) in [5.74, 6) is -0.692. The van der Waals surface area contributed by atoms with Gasteiger partial charge in [0.05, 0.1) is 16.8 Å². The van der Waals surface area contributed by atoms with Gasteiger partial charge in [0.1, 0.15) is 0 Å². The minimum absolute atomic E-state index is 0.0370. The topological polar surface area (TPSA) is 30.0 Å². The second-order valence-corrected chi connectivity index (χ2v) is 2.04. The second-order valence-electron chi connectivity index (χ2n) is 1.63. The van der Waals surface area contributed by atoms with E-state index in [0.29, 0.717) is 6.29 Å². The van der Waals surface area contributed by atoms with Crippen LogP contribution in [0.25, 0.3) is 0 Å². The highest BCUT2D eigenvalue weighted by Crippen LogP contribution is 2.14. The van der Waals surface area contributed by atoms with Crippen molar-refractivity contribution in [2.75, 3.05) is 0 Å². The van der Waals surface area contributed by atoms with Crippen LogP contribution in [0.3, 0.4) is 0 Å². The van der Waals surface area contributed by atoms with Crippen LogP contribution in [-0.2, 0) is 0 Å². The SMILES string of the molecule is O=Cc1c(F)cncc1Cl. The average molecular weight is 160 g/mol. The van der Waals surface area contributed by atoms with Gasteiger partial charge in [-0.3, -0.25) is 9.78 Å². The van der Waals surface area contributed by atoms with Crippen molar-refractivity contribution in [1.29, 1.82) is 0 Å². The number of aldehydes is 1. The van der Waals surface area contributed by atoms with E-state index in [9.17, 15) is 9.18 Å². The Bertz CT molecular complexity index is 244. The Hall–Kier alpha value is -0.960. The molecule has 0 spiro atoms. The molecule has 0 saturated carbocycles. The van der Waals surface area contributed by atoms with E-state index in [4.69, 9.17) is 11.6 Å². The largest absolute Gasteiger partial charge is 0.298 e. The van der Waals surface area contributed by atoms with Gasteiger partial charge in [0, 0.05) is 6.20 Å². The molecular formula is C6H3ClFNO. The Morgan fingerprint density at radius 1 is 1.60 bits per heavy atom. The third-order valence-corrected chi connectivity index (χ3v) is 1.31. The maximum Gasteiger partial charge on any atom is 0.154 e. The van der Waals surface area contributed by atoms with Gasteiger partial charge in [0.15, 0.2) is 12.1 Å². The summed E-state index contributed by atoms with van der Waals surface area (Å²) >= 11 is 5.40. The minimum Gasteiger partial charge on any atom is -0.298 e. The van der Waals surface area contributed by atoms with E-state index in [1.807, 2.05) is 0 Å². The molecule has 0 unspecified atom stereocenters. The number of rotatable bonds is 1. The molecule has 0 bridgehead atoms. The average Bonchev–Trinajstić information content (AvgIpc) is 1.88. The monoisotopic (exact) mass is 159 g/mol. The third kappa shape index (κ3) is 1.14. The Labute approximate surface area is 61.6 Å². The molecule has 1 aromatic heterocycles. The fourth-order valence-electron chi connectivity index (χ4n) is 0.534. The summed E-state index contributed by atoms with van der Waals surface area (Å²) in [6, 6.07) is 0. The lowest BCUT2D eigenvalue weighted by Crippen LogP contribution is -1.89. The van der Waals surface area contributed by atoms with Gasteiger partial charge in [-0.25, -0.2) is 4.39 Å². The number of hydrogen-bond donors (Lipinski definition) is 0. The highest BCUT2D eigenvalue weighted by atomic mass is 35.5. The molecule has 52 valence electrons. The maximum atomic E-state index is 12.5. The van der Waals surface area contributed by atoms with Crippen LogP contribution in [0.2, 0.25) is 5.02 Å². The quantitative estimate of drug-likeness (QED) is 0.584. The molecule has 1 rings (SSSR count). The van der Waals surface area contributed by atoms with Gasteiger partial charge in [-0.2, -0.15) is 0 Å². The molecule has 0 aliphatic heterocycles. The van der Waals surface area contributed by atoms with Gasteiger partial charge in [0.25, 0.3) is 0 Å². The molecule has 0 fully saturated rings. The van der Waals surface area contributed by atoms with E-state index in [1.54, 1.807) is 0 Å². The van der Waals surface area contributed by atoms with Crippen molar-refractivity contribution in [3.63, 3.8) is 0 Å². The summed E-state index contributed by atoms with van der Waals surface area (Å²) in [4.78, 5) is 13.5. The smallest absolute Gasteiger partial charge is 0.154 e. The molecule has 1 aromatic rings. The number of carbonyl (C=O) groups excluding carboxylic acids is 1. The van der Waals surface area contributed by atoms with E-state index in [-0.39, 0.29) is 10.6 Å². The normalized spacial score (nSPS) is 9.40. The lowest BCUT2D eigenvalue weighted by atomic mass is 10.3. The Kier molecular flexibility index (Phi) is 1.97. The van der Waals surface area contributed by atoms with Crippen LogP contribution < -0.4 is 0 Å². The summed E-state index contributed by atoms with van der Waals surface area (Å²) in [6.07, 6.45) is 2.52. The van der Waals surface area contributed by atoms with Crippen LogP contribution in [0.5, 0.6) is 0 Å². The molecule has 0 aliphatic rings. The molecular weight excluding hydrogens is 157 g/mol. The first-order valence-corrected chi connectivity index (χ1v) is 2.87. The van der Waals surface area contributed by atoms with E-state index in [1.165, 1.54) is 6.20 Å². The summed E-state index contributed by atoms with van der Waals surface area (Å²) in [5.41, 5.74) is -0.142. The Balaban J connectivity index is 3.30. The first-order valence-electron chi connectivity index (χ1n) is 2.50. The second kappa shape index (κ2) is 2.75. The third-order valence-electron chi connectivity index (χ3n) is 1.01. The first kappa shape index (κ1) is 7.15. The predicted molar refractivity (Wildman–Crippen MR) is 34.6 cm³/mol. The zero-order valence-corrected chi connectivity index (χ0v) is 5.60. The van der Waals surface area contributed by atoms with E-state index in [0.717, 1.165) is 6.20 Å². The molecule has 0 radical (unpaired) electrons. The van der Waals surface area contributed by atoms with E-state index in [2.05, 4.69) is 4.98 Å². The molecule has 0 N–H and O–H groups in total. The van der Waals surface area contributed by atoms with Crippen LogP contribution in [-0.4, -0.2) is 11.3 Å². The van der Waals surface area contributed by atoms with Crippen LogP contribution in [0.15, 0.2) is 12.4 Å². The van der Waals surface area contributed by atoms with Gasteiger partial charge in [-0.05, 0) is 0 Å². The molecule has 0 amide bonds. The number of pyridine rings is 1. The van der Waals surface area contributed by atoms with Gasteiger partial charge >= 0.3 is 0 Å². The summed E-state index contributed by atoms with van der Waals surface area (Å²) in [6.45, 7) is 0. The molecule has 1 heterocycles. The van der Waals surface area contributed by atoms with Crippen LogP contribution in [0.4, 0.5) is 4.39 Å². The van der Waals surface area contributed by atoms with E-state index >= 15 is 0 Å². The molecule has 10 heavy (non-hydrogen) atoms. The van der Waals surface area contributed by atoms with Gasteiger partial charge in [-0.15, -0.1) is 0 Å². The number of halogens is 2. The lowest BCUT2D eigenvalue weighted by molar-refractivity contribution is 0.112. The maximum absolute atomic E-state index is 12.5. The molecule has 0 aromatic carbocycles. The molecule has 0 aliphatic carbocycles. The Morgan fingerprint density at radius 3 is 2.70 bits per heavy atom. The molecule has 2 nitrogen and oxygen atoms in total. The van der Waals surface area contributed by atoms with Crippen molar-refractivity contribution < 1.29 is 9.18 Å². The predicted octanol–water partition coefficient (Wildman–Crippen LogP) is 1.69. The number of aromatic nitrogens is 1. The molecule has 4 heteroatoms. The number of hydrogen-bond acceptors (Lipinski definition) is 2. The minimum atomic E-state index is -0.692. The zero-order chi connectivity index (χ0) is 7.56. The van der Waals surface area contributed by atoms with Crippen LogP contribution in [0.1, 0.15) is 10.4 Å². The highest BCUT2D eigenvalue weighted by Gasteiger charge is 2.04. The van der Waals surface area contributed by atoms with Crippen molar-refractivity contribution in [3.8, 4) is 0 Å². The Morgan fingerprint density at radius 2 is 2.30 bits per heavy atom. The van der Waals surface area contributed by atoms with Crippen LogP contribution in [0, 0.1) is 5.82 Å². The fourth-order valence-corrected chi connectivity index (χ4v) is 0.725. The van der Waals surface area contributed by atoms with Crippen molar-refractivity contribution in [3.05, 3.63) is 28.8 Å². The van der Waals surface area contributed by atoms with Crippen molar-refractivity contribution in [1.82, 2.24) is 4.98 Å². The van der Waals surface area contributed by atoms with Gasteiger partial charge in [-0.1, -0.05) is 11.6 Å². The van der Waals surface area contributed by atoms with E-state index < -0.39 is 5.82 Å². The number of nitrogens with zero attached hydrogens (tertiary/aromatic N) is 1. The highest BCUT2D eigenvalue weighted by molar-refractivity contribution is 6.32. The van der Waals surface area contributed by atoms with Gasteiger partial charge < -0.3 is 0 Å². The van der Waals surface area contributed by atoms with Crippen molar-refractivity contribution >= 4 is 17.9 Å². The van der Waals surface area contributed by atoms with Crippen molar-refractivity contribution in [2.24, 2.45) is 0 Å². The standard InChI is InChI=1S/C6H3ClFNO/c7-5-1-9-2-6(8)4(5)3-10/h1-3H.